The van der Waals surface area contributed by atoms with Gasteiger partial charge in [0.2, 0.25) is 0 Å². The van der Waals surface area contributed by atoms with Crippen molar-refractivity contribution in [2.75, 3.05) is 0 Å². The molecule has 0 aliphatic heterocycles. The highest BCUT2D eigenvalue weighted by Crippen LogP contribution is 2.89. The quantitative estimate of drug-likeness (QED) is 0.444. The fourth-order valence-electron chi connectivity index (χ4n) is 11.2. The first kappa shape index (κ1) is 23.4. The smallest absolute Gasteiger partial charge is 0.0744 e. The lowest BCUT2D eigenvalue weighted by Crippen LogP contribution is -2.57. The van der Waals surface area contributed by atoms with E-state index in [9.17, 15) is 10.2 Å². The predicted octanol–water partition coefficient (Wildman–Crippen LogP) is 7.14. The Labute approximate surface area is 197 Å². The van der Waals surface area contributed by atoms with Crippen molar-refractivity contribution in [1.29, 1.82) is 0 Å². The minimum Gasteiger partial charge on any atom is -0.393 e. The Hall–Kier alpha value is -0.340. The van der Waals surface area contributed by atoms with E-state index in [4.69, 9.17) is 0 Å². The third-order valence-electron chi connectivity index (χ3n) is 13.3. The molecule has 0 bridgehead atoms. The van der Waals surface area contributed by atoms with Gasteiger partial charge in [0, 0.05) is 0 Å². The molecule has 2 N–H and O–H groups in total. The Kier molecular flexibility index (Phi) is 5.19. The molecule has 0 radical (unpaired) electrons. The van der Waals surface area contributed by atoms with Gasteiger partial charge in [0.15, 0.2) is 0 Å². The van der Waals surface area contributed by atoms with Crippen LogP contribution in [-0.4, -0.2) is 22.4 Å². The first-order chi connectivity index (χ1) is 14.9. The van der Waals surface area contributed by atoms with Crippen molar-refractivity contribution in [3.05, 3.63) is 12.2 Å². The Balaban J connectivity index is 1.39. The van der Waals surface area contributed by atoms with Crippen LogP contribution in [-0.2, 0) is 0 Å². The van der Waals surface area contributed by atoms with Crippen LogP contribution in [0.5, 0.6) is 0 Å². The van der Waals surface area contributed by atoms with Crippen LogP contribution in [0.25, 0.3) is 0 Å². The van der Waals surface area contributed by atoms with E-state index in [1.54, 1.807) is 0 Å². The molecule has 5 aliphatic rings. The fraction of sp³-hybridized carbons (Fsp3) is 0.933. The fourth-order valence-corrected chi connectivity index (χ4v) is 11.2. The lowest BCUT2D eigenvalue weighted by Gasteiger charge is -2.63. The van der Waals surface area contributed by atoms with Crippen LogP contribution in [0.1, 0.15) is 112 Å². The average Bonchev–Trinajstić information content (AvgIpc) is 3.31. The molecule has 10 atom stereocenters. The third-order valence-corrected chi connectivity index (χ3v) is 13.3. The van der Waals surface area contributed by atoms with E-state index in [1.807, 2.05) is 6.92 Å². The number of aliphatic hydroxyl groups is 2. The van der Waals surface area contributed by atoms with Gasteiger partial charge in [-0.2, -0.15) is 0 Å². The Morgan fingerprint density at radius 1 is 0.875 bits per heavy atom. The standard InChI is InChI=1S/C30H50O2/c1-19(2)22(31)9-8-20(3)21-12-14-28(7)24-11-10-23-26(4,5)25(32)13-15-29(23)18-30(24,29)17-16-27(21,28)6/h20-25,31-32H,1,8-18H2,2-7H3/t20-,21-,22?,23+,24+,25+,27-,28+,29-,30?/m1/s1. The Morgan fingerprint density at radius 2 is 1.53 bits per heavy atom. The van der Waals surface area contributed by atoms with Crippen molar-refractivity contribution in [1.82, 2.24) is 0 Å². The Bertz CT molecular complexity index is 786. The molecule has 182 valence electrons. The molecule has 2 unspecified atom stereocenters. The van der Waals surface area contributed by atoms with Crippen LogP contribution in [0.2, 0.25) is 0 Å². The summed E-state index contributed by atoms with van der Waals surface area (Å²) >= 11 is 0. The highest BCUT2D eigenvalue weighted by Gasteiger charge is 2.82. The van der Waals surface area contributed by atoms with Gasteiger partial charge in [-0.3, -0.25) is 0 Å². The number of aliphatic hydroxyl groups excluding tert-OH is 2. The van der Waals surface area contributed by atoms with Gasteiger partial charge in [0.1, 0.15) is 0 Å². The molecule has 0 heterocycles. The largest absolute Gasteiger partial charge is 0.393 e. The predicted molar refractivity (Wildman–Crippen MR) is 132 cm³/mol. The molecule has 0 saturated heterocycles. The SMILES string of the molecule is C=C(C)C(O)CC[C@@H](C)[C@H]1CC[C@@]2(C)[C@@H]3CC[C@H]4C(C)(C)[C@@H](O)CC[C@@]45CC35CC[C@]12C. The van der Waals surface area contributed by atoms with E-state index in [2.05, 4.69) is 41.2 Å². The summed E-state index contributed by atoms with van der Waals surface area (Å²) in [5, 5.41) is 21.2. The van der Waals surface area contributed by atoms with E-state index in [0.717, 1.165) is 42.6 Å². The molecule has 2 nitrogen and oxygen atoms in total. The summed E-state index contributed by atoms with van der Waals surface area (Å²) in [5.41, 5.74) is 3.03. The molecule has 5 rings (SSSR count). The van der Waals surface area contributed by atoms with Gasteiger partial charge in [-0.1, -0.05) is 46.8 Å². The van der Waals surface area contributed by atoms with Crippen molar-refractivity contribution in [3.63, 3.8) is 0 Å². The van der Waals surface area contributed by atoms with Crippen molar-refractivity contribution >= 4 is 0 Å². The topological polar surface area (TPSA) is 40.5 Å². The normalized spacial score (nSPS) is 52.8. The van der Waals surface area contributed by atoms with Gasteiger partial charge in [-0.15, -0.1) is 0 Å². The maximum atomic E-state index is 10.8. The second-order valence-corrected chi connectivity index (χ2v) is 14.4. The van der Waals surface area contributed by atoms with Gasteiger partial charge in [-0.25, -0.2) is 0 Å². The molecule has 0 aromatic heterocycles. The molecule has 0 aromatic rings. The first-order valence-corrected chi connectivity index (χ1v) is 13.9. The molecule has 5 aliphatic carbocycles. The van der Waals surface area contributed by atoms with Crippen LogP contribution in [0.3, 0.4) is 0 Å². The zero-order chi connectivity index (χ0) is 23.3. The van der Waals surface area contributed by atoms with Crippen LogP contribution >= 0.6 is 0 Å². The van der Waals surface area contributed by atoms with E-state index < -0.39 is 0 Å². The molecule has 2 spiro atoms. The second-order valence-electron chi connectivity index (χ2n) is 14.4. The second kappa shape index (κ2) is 7.09. The zero-order valence-corrected chi connectivity index (χ0v) is 21.8. The molecular formula is C30H50O2. The molecule has 0 amide bonds. The van der Waals surface area contributed by atoms with E-state index in [0.29, 0.717) is 27.6 Å². The summed E-state index contributed by atoms with van der Waals surface area (Å²) in [6.07, 6.45) is 13.7. The highest BCUT2D eigenvalue weighted by molar-refractivity contribution is 5.30. The minimum atomic E-state index is -0.334. The minimum absolute atomic E-state index is 0.0885. The van der Waals surface area contributed by atoms with Crippen LogP contribution < -0.4 is 0 Å². The summed E-state index contributed by atoms with van der Waals surface area (Å²) in [7, 11) is 0. The average molecular weight is 443 g/mol. The van der Waals surface area contributed by atoms with Crippen molar-refractivity contribution in [2.24, 2.45) is 50.7 Å². The molecule has 32 heavy (non-hydrogen) atoms. The summed E-state index contributed by atoms with van der Waals surface area (Å²) in [6.45, 7) is 18.5. The maximum Gasteiger partial charge on any atom is 0.0744 e. The van der Waals surface area contributed by atoms with Gasteiger partial charge >= 0.3 is 0 Å². The van der Waals surface area contributed by atoms with Crippen molar-refractivity contribution < 1.29 is 10.2 Å². The third kappa shape index (κ3) is 2.72. The van der Waals surface area contributed by atoms with Gasteiger partial charge in [-0.05, 0) is 128 Å². The number of fused-ring (bicyclic) bond motifs is 2. The van der Waals surface area contributed by atoms with Crippen LogP contribution in [0.4, 0.5) is 0 Å². The van der Waals surface area contributed by atoms with Crippen LogP contribution in [0, 0.1) is 50.7 Å². The monoisotopic (exact) mass is 442 g/mol. The van der Waals surface area contributed by atoms with E-state index in [1.165, 1.54) is 51.4 Å². The van der Waals surface area contributed by atoms with Gasteiger partial charge < -0.3 is 10.2 Å². The highest BCUT2D eigenvalue weighted by atomic mass is 16.3. The molecule has 5 saturated carbocycles. The molecule has 2 heteroatoms. The lowest BCUT2D eigenvalue weighted by atomic mass is 9.41. The first-order valence-electron chi connectivity index (χ1n) is 13.9. The zero-order valence-electron chi connectivity index (χ0n) is 21.8. The van der Waals surface area contributed by atoms with E-state index in [-0.39, 0.29) is 17.6 Å². The molecule has 0 aromatic carbocycles. The van der Waals surface area contributed by atoms with Crippen LogP contribution in [0.15, 0.2) is 12.2 Å². The summed E-state index contributed by atoms with van der Waals surface area (Å²) in [4.78, 5) is 0. The number of rotatable bonds is 5. The Morgan fingerprint density at radius 3 is 2.22 bits per heavy atom. The van der Waals surface area contributed by atoms with Gasteiger partial charge in [0.25, 0.3) is 0 Å². The number of hydrogen-bond acceptors (Lipinski definition) is 2. The summed E-state index contributed by atoms with van der Waals surface area (Å²) in [5.74, 6) is 3.08. The van der Waals surface area contributed by atoms with Crippen molar-refractivity contribution in [3.8, 4) is 0 Å². The maximum absolute atomic E-state index is 10.8. The molecular weight excluding hydrogens is 392 g/mol. The van der Waals surface area contributed by atoms with Crippen molar-refractivity contribution in [2.45, 2.75) is 124 Å². The summed E-state index contributed by atoms with van der Waals surface area (Å²) < 4.78 is 0. The van der Waals surface area contributed by atoms with Gasteiger partial charge in [0.05, 0.1) is 12.2 Å². The lowest BCUT2D eigenvalue weighted by molar-refractivity contribution is -0.161. The number of hydrogen-bond donors (Lipinski definition) is 2. The van der Waals surface area contributed by atoms with E-state index >= 15 is 0 Å². The molecule has 5 fully saturated rings. The summed E-state index contributed by atoms with van der Waals surface area (Å²) in [6, 6.07) is 0.